The Labute approximate surface area is 79.5 Å². The van der Waals surface area contributed by atoms with Crippen LogP contribution < -0.4 is 4.72 Å². The normalized spacial score (nSPS) is 15.1. The maximum Gasteiger partial charge on any atom is 0.390 e. The van der Waals surface area contributed by atoms with Gasteiger partial charge in [-0.3, -0.25) is 0 Å². The molecule has 0 rings (SSSR count). The fourth-order valence-electron chi connectivity index (χ4n) is 0.703. The molecule has 0 fully saturated rings. The first-order valence-electron chi connectivity index (χ1n) is 3.52. The molecule has 0 bridgehead atoms. The summed E-state index contributed by atoms with van der Waals surface area (Å²) in [5.74, 6) is 0. The number of halogens is 3. The molecule has 4 nitrogen and oxygen atoms in total. The zero-order valence-corrected chi connectivity index (χ0v) is 7.90. The van der Waals surface area contributed by atoms with Gasteiger partial charge in [0.25, 0.3) is 0 Å². The quantitative estimate of drug-likeness (QED) is 0.720. The van der Waals surface area contributed by atoms with E-state index >= 15 is 0 Å². The summed E-state index contributed by atoms with van der Waals surface area (Å²) < 4.78 is 58.5. The predicted molar refractivity (Wildman–Crippen MR) is 43.8 cm³/mol. The highest BCUT2D eigenvalue weighted by atomic mass is 32.2. The first-order valence-corrected chi connectivity index (χ1v) is 5.07. The standard InChI is InChI=1S/C6H10F3NO3S/c1-2-14(12,13)10-5(4-11)3-6(7,8)9/h2,5,10-11H,1,3-4H2. The fraction of sp³-hybridized carbons (Fsp3) is 0.667. The third-order valence-corrected chi connectivity index (χ3v) is 2.35. The highest BCUT2D eigenvalue weighted by molar-refractivity contribution is 7.92. The number of nitrogens with one attached hydrogen (secondary N) is 1. The molecule has 0 saturated heterocycles. The summed E-state index contributed by atoms with van der Waals surface area (Å²) >= 11 is 0. The molecule has 0 aromatic rings. The van der Waals surface area contributed by atoms with Crippen LogP contribution in [0.2, 0.25) is 0 Å². The van der Waals surface area contributed by atoms with Gasteiger partial charge >= 0.3 is 6.18 Å². The van der Waals surface area contributed by atoms with Crippen LogP contribution >= 0.6 is 0 Å². The smallest absolute Gasteiger partial charge is 0.390 e. The second kappa shape index (κ2) is 4.76. The number of hydrogen-bond donors (Lipinski definition) is 2. The Morgan fingerprint density at radius 2 is 2.00 bits per heavy atom. The van der Waals surface area contributed by atoms with Crippen molar-refractivity contribution in [2.75, 3.05) is 6.61 Å². The van der Waals surface area contributed by atoms with Crippen LogP contribution in [0, 0.1) is 0 Å². The third-order valence-electron chi connectivity index (χ3n) is 1.25. The van der Waals surface area contributed by atoms with E-state index in [2.05, 4.69) is 6.58 Å². The molecule has 14 heavy (non-hydrogen) atoms. The highest BCUT2D eigenvalue weighted by Crippen LogP contribution is 2.21. The van der Waals surface area contributed by atoms with E-state index in [9.17, 15) is 21.6 Å². The Morgan fingerprint density at radius 3 is 2.29 bits per heavy atom. The summed E-state index contributed by atoms with van der Waals surface area (Å²) in [5, 5.41) is 8.97. The van der Waals surface area contributed by atoms with Crippen molar-refractivity contribution in [3.63, 3.8) is 0 Å². The van der Waals surface area contributed by atoms with Crippen LogP contribution in [0.1, 0.15) is 6.42 Å². The molecule has 0 aromatic heterocycles. The third kappa shape index (κ3) is 5.95. The van der Waals surface area contributed by atoms with Crippen molar-refractivity contribution < 1.29 is 26.7 Å². The van der Waals surface area contributed by atoms with E-state index in [1.54, 1.807) is 4.72 Å². The summed E-state index contributed by atoms with van der Waals surface area (Å²) in [7, 11) is -3.95. The van der Waals surface area contributed by atoms with Gasteiger partial charge in [0.1, 0.15) is 0 Å². The van der Waals surface area contributed by atoms with E-state index in [1.807, 2.05) is 0 Å². The Balaban J connectivity index is 4.39. The second-order valence-corrected chi connectivity index (χ2v) is 4.19. The Kier molecular flexibility index (Phi) is 4.56. The van der Waals surface area contributed by atoms with Gasteiger partial charge in [-0.25, -0.2) is 13.1 Å². The first-order chi connectivity index (χ1) is 6.20. The number of aliphatic hydroxyl groups is 1. The van der Waals surface area contributed by atoms with Crippen LogP contribution in [0.5, 0.6) is 0 Å². The highest BCUT2D eigenvalue weighted by Gasteiger charge is 2.32. The van der Waals surface area contributed by atoms with Crippen LogP contribution in [-0.2, 0) is 10.0 Å². The molecular weight excluding hydrogens is 223 g/mol. The zero-order valence-electron chi connectivity index (χ0n) is 7.08. The molecule has 84 valence electrons. The molecule has 0 heterocycles. The van der Waals surface area contributed by atoms with Gasteiger partial charge in [0, 0.05) is 5.41 Å². The van der Waals surface area contributed by atoms with Gasteiger partial charge in [-0.2, -0.15) is 13.2 Å². The maximum atomic E-state index is 11.8. The van der Waals surface area contributed by atoms with E-state index in [4.69, 9.17) is 5.11 Å². The molecule has 0 aliphatic carbocycles. The van der Waals surface area contributed by atoms with Gasteiger partial charge in [-0.15, -0.1) is 0 Å². The van der Waals surface area contributed by atoms with E-state index in [1.165, 1.54) is 0 Å². The Hall–Kier alpha value is -0.600. The van der Waals surface area contributed by atoms with Crippen LogP contribution in [0.4, 0.5) is 13.2 Å². The van der Waals surface area contributed by atoms with Gasteiger partial charge in [-0.1, -0.05) is 6.58 Å². The van der Waals surface area contributed by atoms with E-state index in [-0.39, 0.29) is 0 Å². The average molecular weight is 233 g/mol. The van der Waals surface area contributed by atoms with Crippen molar-refractivity contribution in [3.8, 4) is 0 Å². The van der Waals surface area contributed by atoms with Crippen molar-refractivity contribution in [1.29, 1.82) is 0 Å². The molecule has 0 radical (unpaired) electrons. The number of rotatable bonds is 5. The maximum absolute atomic E-state index is 11.8. The van der Waals surface area contributed by atoms with Crippen molar-refractivity contribution in [2.45, 2.75) is 18.6 Å². The summed E-state index contributed by atoms with van der Waals surface area (Å²) in [5.41, 5.74) is 0. The van der Waals surface area contributed by atoms with Gasteiger partial charge in [0.05, 0.1) is 19.1 Å². The lowest BCUT2D eigenvalue weighted by Crippen LogP contribution is -2.39. The largest absolute Gasteiger partial charge is 0.395 e. The fourth-order valence-corrected chi connectivity index (χ4v) is 1.42. The monoisotopic (exact) mass is 233 g/mol. The minimum atomic E-state index is -4.53. The minimum absolute atomic E-state index is 0.478. The molecule has 0 aliphatic heterocycles. The number of alkyl halides is 3. The topological polar surface area (TPSA) is 66.4 Å². The Bertz CT molecular complexity index is 285. The van der Waals surface area contributed by atoms with Gasteiger partial charge in [0.15, 0.2) is 0 Å². The molecule has 0 saturated carbocycles. The lowest BCUT2D eigenvalue weighted by atomic mass is 10.2. The van der Waals surface area contributed by atoms with E-state index in [0.717, 1.165) is 0 Å². The summed E-state index contributed by atoms with van der Waals surface area (Å²) in [6.07, 6.45) is -5.95. The number of aliphatic hydroxyl groups excluding tert-OH is 1. The molecule has 1 unspecified atom stereocenters. The number of sulfonamides is 1. The van der Waals surface area contributed by atoms with E-state index < -0.39 is 35.3 Å². The average Bonchev–Trinajstić information content (AvgIpc) is 2.00. The molecular formula is C6H10F3NO3S. The van der Waals surface area contributed by atoms with Gasteiger partial charge < -0.3 is 5.11 Å². The van der Waals surface area contributed by atoms with Crippen molar-refractivity contribution >= 4 is 10.0 Å². The van der Waals surface area contributed by atoms with Crippen molar-refractivity contribution in [2.24, 2.45) is 0 Å². The lowest BCUT2D eigenvalue weighted by Gasteiger charge is -2.16. The van der Waals surface area contributed by atoms with Crippen LogP contribution in [0.3, 0.4) is 0 Å². The van der Waals surface area contributed by atoms with Crippen LogP contribution in [-0.4, -0.2) is 32.3 Å². The number of hydrogen-bond acceptors (Lipinski definition) is 3. The summed E-state index contributed by atoms with van der Waals surface area (Å²) in [4.78, 5) is 0. The second-order valence-electron chi connectivity index (χ2n) is 2.53. The van der Waals surface area contributed by atoms with Gasteiger partial charge in [0.2, 0.25) is 10.0 Å². The molecule has 1 atom stereocenters. The molecule has 0 amide bonds. The molecule has 0 spiro atoms. The Morgan fingerprint density at radius 1 is 1.50 bits per heavy atom. The summed E-state index contributed by atoms with van der Waals surface area (Å²) in [6, 6.07) is -1.57. The SMILES string of the molecule is C=CS(=O)(=O)NC(CO)CC(F)(F)F. The molecule has 0 aliphatic rings. The molecule has 0 aromatic carbocycles. The van der Waals surface area contributed by atoms with E-state index in [0.29, 0.717) is 5.41 Å². The van der Waals surface area contributed by atoms with Crippen molar-refractivity contribution in [3.05, 3.63) is 12.0 Å². The zero-order chi connectivity index (χ0) is 11.4. The molecule has 8 heteroatoms. The van der Waals surface area contributed by atoms with Crippen LogP contribution in [0.15, 0.2) is 12.0 Å². The first kappa shape index (κ1) is 13.4. The van der Waals surface area contributed by atoms with Gasteiger partial charge in [-0.05, 0) is 0 Å². The lowest BCUT2D eigenvalue weighted by molar-refractivity contribution is -0.140. The molecule has 2 N–H and O–H groups in total. The minimum Gasteiger partial charge on any atom is -0.395 e. The predicted octanol–water partition coefficient (Wildman–Crippen LogP) is 0.363. The summed E-state index contributed by atoms with van der Waals surface area (Å²) in [6.45, 7) is 1.98. The van der Waals surface area contributed by atoms with Crippen molar-refractivity contribution in [1.82, 2.24) is 4.72 Å². The van der Waals surface area contributed by atoms with Crippen LogP contribution in [0.25, 0.3) is 0 Å².